The molecule has 1 unspecified atom stereocenters. The topological polar surface area (TPSA) is 41.6 Å². The van der Waals surface area contributed by atoms with Crippen molar-refractivity contribution in [1.29, 1.82) is 0 Å². The average molecular weight is 381 g/mol. The fourth-order valence-electron chi connectivity index (χ4n) is 3.61. The Morgan fingerprint density at radius 1 is 1.44 bits per heavy atom. The van der Waals surface area contributed by atoms with E-state index in [4.69, 9.17) is 16.3 Å². The molecule has 25 heavy (non-hydrogen) atoms. The van der Waals surface area contributed by atoms with E-state index in [0.29, 0.717) is 28.2 Å². The Labute approximate surface area is 158 Å². The number of ether oxygens (including phenoxy) is 1. The molecule has 2 aromatic rings. The molecule has 1 aliphatic heterocycles. The van der Waals surface area contributed by atoms with Crippen molar-refractivity contribution in [2.24, 2.45) is 0 Å². The maximum atomic E-state index is 12.6. The van der Waals surface area contributed by atoms with E-state index in [1.807, 2.05) is 18.2 Å². The van der Waals surface area contributed by atoms with E-state index in [1.54, 1.807) is 7.11 Å². The van der Waals surface area contributed by atoms with Crippen LogP contribution in [0.25, 0.3) is 10.1 Å². The number of thiophene rings is 1. The molecule has 0 saturated carbocycles. The number of likely N-dealkylation sites (tertiary alicyclic amines) is 1. The molecule has 4 nitrogen and oxygen atoms in total. The third kappa shape index (κ3) is 4.10. The van der Waals surface area contributed by atoms with Gasteiger partial charge in [-0.1, -0.05) is 24.9 Å². The number of halogens is 1. The van der Waals surface area contributed by atoms with Gasteiger partial charge in [0.2, 0.25) is 0 Å². The first kappa shape index (κ1) is 18.5. The van der Waals surface area contributed by atoms with Crippen LogP contribution in [0.3, 0.4) is 0 Å². The summed E-state index contributed by atoms with van der Waals surface area (Å²) >= 11 is 7.52. The first-order valence-electron chi connectivity index (χ1n) is 8.92. The number of methoxy groups -OCH3 is 1. The Morgan fingerprint density at radius 3 is 3.04 bits per heavy atom. The molecule has 2 heterocycles. The number of hydrogen-bond donors (Lipinski definition) is 1. The minimum absolute atomic E-state index is 0.0702. The van der Waals surface area contributed by atoms with Gasteiger partial charge in [-0.3, -0.25) is 9.69 Å². The largest absolute Gasteiger partial charge is 0.494 e. The Balaban J connectivity index is 1.66. The fourth-order valence-corrected chi connectivity index (χ4v) is 4.85. The van der Waals surface area contributed by atoms with Gasteiger partial charge in [0, 0.05) is 34.2 Å². The summed E-state index contributed by atoms with van der Waals surface area (Å²) in [4.78, 5) is 15.8. The van der Waals surface area contributed by atoms with E-state index in [-0.39, 0.29) is 5.91 Å². The predicted octanol–water partition coefficient (Wildman–Crippen LogP) is 4.56. The van der Waals surface area contributed by atoms with E-state index >= 15 is 0 Å². The Hall–Kier alpha value is -1.30. The molecule has 0 radical (unpaired) electrons. The molecular weight excluding hydrogens is 356 g/mol. The van der Waals surface area contributed by atoms with Gasteiger partial charge in [0.05, 0.1) is 7.11 Å². The molecule has 1 amide bonds. The molecular formula is C19H25ClN2O2S. The molecule has 136 valence electrons. The van der Waals surface area contributed by atoms with Crippen LogP contribution in [0, 0.1) is 0 Å². The minimum atomic E-state index is -0.0702. The van der Waals surface area contributed by atoms with Gasteiger partial charge in [0.25, 0.3) is 5.91 Å². The van der Waals surface area contributed by atoms with Gasteiger partial charge < -0.3 is 10.1 Å². The number of hydrogen-bond acceptors (Lipinski definition) is 4. The Morgan fingerprint density at radius 2 is 2.28 bits per heavy atom. The summed E-state index contributed by atoms with van der Waals surface area (Å²) in [6.07, 6.45) is 5.03. The van der Waals surface area contributed by atoms with Crippen molar-refractivity contribution in [2.75, 3.05) is 26.7 Å². The lowest BCUT2D eigenvalue weighted by atomic mass is 10.0. The summed E-state index contributed by atoms with van der Waals surface area (Å²) in [6, 6.07) is 6.28. The summed E-state index contributed by atoms with van der Waals surface area (Å²) in [7, 11) is 1.60. The number of carbonyl (C=O) groups is 1. The number of fused-ring (bicyclic) bond motifs is 1. The van der Waals surface area contributed by atoms with Crippen LogP contribution in [0.5, 0.6) is 5.75 Å². The zero-order valence-electron chi connectivity index (χ0n) is 14.8. The summed E-state index contributed by atoms with van der Waals surface area (Å²) < 4.78 is 6.49. The van der Waals surface area contributed by atoms with Crippen molar-refractivity contribution >= 4 is 38.9 Å². The lowest BCUT2D eigenvalue weighted by molar-refractivity contribution is 0.0935. The zero-order valence-corrected chi connectivity index (χ0v) is 16.4. The lowest BCUT2D eigenvalue weighted by Crippen LogP contribution is -2.43. The standard InChI is InChI=1S/C19H25ClN2O2S/c1-3-14-6-4-5-10-22(14)11-9-21-19(23)18-17(24-2)15-12-13(20)7-8-16(15)25-18/h7-8,12,14H,3-6,9-11H2,1-2H3,(H,21,23). The van der Waals surface area contributed by atoms with Crippen LogP contribution >= 0.6 is 22.9 Å². The van der Waals surface area contributed by atoms with Gasteiger partial charge in [-0.25, -0.2) is 0 Å². The maximum Gasteiger partial charge on any atom is 0.265 e. The second kappa shape index (κ2) is 8.39. The van der Waals surface area contributed by atoms with Gasteiger partial charge in [-0.05, 0) is 44.0 Å². The number of amides is 1. The predicted molar refractivity (Wildman–Crippen MR) is 105 cm³/mol. The number of benzene rings is 1. The average Bonchev–Trinajstić information content (AvgIpc) is 2.99. The second-order valence-corrected chi connectivity index (χ2v) is 7.94. The molecule has 0 aliphatic carbocycles. The molecule has 1 N–H and O–H groups in total. The summed E-state index contributed by atoms with van der Waals surface area (Å²) in [5, 5.41) is 4.60. The van der Waals surface area contributed by atoms with E-state index in [9.17, 15) is 4.79 Å². The number of carbonyl (C=O) groups excluding carboxylic acids is 1. The van der Waals surface area contributed by atoms with Gasteiger partial charge in [-0.2, -0.15) is 0 Å². The van der Waals surface area contributed by atoms with E-state index in [0.717, 1.165) is 23.2 Å². The smallest absolute Gasteiger partial charge is 0.265 e. The monoisotopic (exact) mass is 380 g/mol. The molecule has 1 saturated heterocycles. The molecule has 0 spiro atoms. The molecule has 1 aromatic heterocycles. The number of piperidine rings is 1. The van der Waals surface area contributed by atoms with Crippen LogP contribution in [-0.2, 0) is 0 Å². The van der Waals surface area contributed by atoms with Crippen LogP contribution in [0.1, 0.15) is 42.3 Å². The number of nitrogens with zero attached hydrogens (tertiary/aromatic N) is 1. The third-order valence-electron chi connectivity index (χ3n) is 4.92. The van der Waals surface area contributed by atoms with Crippen molar-refractivity contribution < 1.29 is 9.53 Å². The molecule has 6 heteroatoms. The third-order valence-corrected chi connectivity index (χ3v) is 6.31. The number of rotatable bonds is 6. The van der Waals surface area contributed by atoms with Crippen LogP contribution in [0.15, 0.2) is 18.2 Å². The maximum absolute atomic E-state index is 12.6. The van der Waals surface area contributed by atoms with Crippen LogP contribution in [-0.4, -0.2) is 43.6 Å². The lowest BCUT2D eigenvalue weighted by Gasteiger charge is -2.35. The molecule has 1 aromatic carbocycles. The molecule has 1 fully saturated rings. The van der Waals surface area contributed by atoms with Gasteiger partial charge in [0.15, 0.2) is 0 Å². The van der Waals surface area contributed by atoms with Gasteiger partial charge >= 0.3 is 0 Å². The van der Waals surface area contributed by atoms with Gasteiger partial charge in [0.1, 0.15) is 10.6 Å². The van der Waals surface area contributed by atoms with Crippen molar-refractivity contribution in [2.45, 2.75) is 38.6 Å². The van der Waals surface area contributed by atoms with Crippen LogP contribution in [0.4, 0.5) is 0 Å². The normalized spacial score (nSPS) is 18.4. The summed E-state index contributed by atoms with van der Waals surface area (Å²) in [6.45, 7) is 4.95. The van der Waals surface area contributed by atoms with Crippen LogP contribution in [0.2, 0.25) is 5.02 Å². The minimum Gasteiger partial charge on any atom is -0.494 e. The molecule has 0 bridgehead atoms. The summed E-state index contributed by atoms with van der Waals surface area (Å²) in [5.74, 6) is 0.545. The molecule has 1 atom stereocenters. The quantitative estimate of drug-likeness (QED) is 0.798. The highest BCUT2D eigenvalue weighted by Crippen LogP contribution is 2.38. The second-order valence-electron chi connectivity index (χ2n) is 6.45. The van der Waals surface area contributed by atoms with Crippen molar-refractivity contribution in [1.82, 2.24) is 10.2 Å². The van der Waals surface area contributed by atoms with Crippen molar-refractivity contribution in [3.05, 3.63) is 28.1 Å². The van der Waals surface area contributed by atoms with E-state index < -0.39 is 0 Å². The Kier molecular flexibility index (Phi) is 6.20. The van der Waals surface area contributed by atoms with E-state index in [1.165, 1.54) is 37.0 Å². The summed E-state index contributed by atoms with van der Waals surface area (Å²) in [5.41, 5.74) is 0. The van der Waals surface area contributed by atoms with Crippen LogP contribution < -0.4 is 10.1 Å². The van der Waals surface area contributed by atoms with Crippen molar-refractivity contribution in [3.8, 4) is 5.75 Å². The highest BCUT2D eigenvalue weighted by Gasteiger charge is 2.22. The van der Waals surface area contributed by atoms with Crippen molar-refractivity contribution in [3.63, 3.8) is 0 Å². The Bertz CT molecular complexity index is 746. The molecule has 3 rings (SSSR count). The molecule has 1 aliphatic rings. The van der Waals surface area contributed by atoms with Gasteiger partial charge in [-0.15, -0.1) is 11.3 Å². The highest BCUT2D eigenvalue weighted by atomic mass is 35.5. The fraction of sp³-hybridized carbons (Fsp3) is 0.526. The zero-order chi connectivity index (χ0) is 17.8. The number of nitrogens with one attached hydrogen (secondary N) is 1. The first-order valence-corrected chi connectivity index (χ1v) is 10.1. The van der Waals surface area contributed by atoms with E-state index in [2.05, 4.69) is 17.1 Å². The highest BCUT2D eigenvalue weighted by molar-refractivity contribution is 7.21. The SMILES string of the molecule is CCC1CCCCN1CCNC(=O)c1sc2ccc(Cl)cc2c1OC. The first-order chi connectivity index (χ1) is 12.1.